The van der Waals surface area contributed by atoms with Gasteiger partial charge in [0, 0.05) is 0 Å². The van der Waals surface area contributed by atoms with Crippen LogP contribution < -0.4 is 13.8 Å². The minimum absolute atomic E-state index is 0.150. The van der Waals surface area contributed by atoms with Crippen LogP contribution in [-0.2, 0) is 13.8 Å². The Labute approximate surface area is 123 Å². The van der Waals surface area contributed by atoms with E-state index in [1.54, 1.807) is 36.4 Å². The monoisotopic (exact) mass is 353 g/mol. The van der Waals surface area contributed by atoms with Gasteiger partial charge in [-0.2, -0.15) is 0 Å². The fraction of sp³-hybridized carbons (Fsp3) is 0.0769. The Kier molecular flexibility index (Phi) is 4.57. The van der Waals surface area contributed by atoms with Crippen molar-refractivity contribution >= 4 is 35.8 Å². The summed E-state index contributed by atoms with van der Waals surface area (Å²) in [6, 6.07) is 12.6. The van der Waals surface area contributed by atoms with E-state index in [0.29, 0.717) is 15.8 Å². The van der Waals surface area contributed by atoms with Crippen molar-refractivity contribution in [2.75, 3.05) is 11.8 Å². The van der Waals surface area contributed by atoms with E-state index in [2.05, 4.69) is 4.72 Å². The Bertz CT molecular complexity index is 696. The van der Waals surface area contributed by atoms with Gasteiger partial charge >= 0.3 is 124 Å². The molecule has 0 bridgehead atoms. The van der Waals surface area contributed by atoms with E-state index in [1.165, 1.54) is 19.2 Å². The van der Waals surface area contributed by atoms with Gasteiger partial charge in [0.15, 0.2) is 0 Å². The van der Waals surface area contributed by atoms with Crippen molar-refractivity contribution in [3.05, 3.63) is 48.5 Å². The zero-order valence-corrected chi connectivity index (χ0v) is 13.3. The van der Waals surface area contributed by atoms with Gasteiger partial charge in [-0.3, -0.25) is 0 Å². The molecule has 1 N–H and O–H groups in total. The fourth-order valence-electron chi connectivity index (χ4n) is 1.56. The maximum absolute atomic E-state index is 12.1. The van der Waals surface area contributed by atoms with Crippen molar-refractivity contribution in [3.8, 4) is 5.75 Å². The number of ether oxygens (including phenoxy) is 1. The van der Waals surface area contributed by atoms with Crippen LogP contribution in [0.4, 0.5) is 5.69 Å². The van der Waals surface area contributed by atoms with Crippen LogP contribution >= 0.6 is 0 Å². The maximum atomic E-state index is 12.1. The van der Waals surface area contributed by atoms with Crippen molar-refractivity contribution in [1.82, 2.24) is 0 Å². The molecule has 20 heavy (non-hydrogen) atoms. The number of benzene rings is 2. The molecule has 2 aromatic carbocycles. The number of sulfonamides is 1. The Balaban J connectivity index is 2.22. The summed E-state index contributed by atoms with van der Waals surface area (Å²) in [6.07, 6.45) is 0. The first-order chi connectivity index (χ1) is 9.55. The number of hydrogen-bond acceptors (Lipinski definition) is 4. The summed E-state index contributed by atoms with van der Waals surface area (Å²) in [7, 11) is -2.12. The van der Waals surface area contributed by atoms with Gasteiger partial charge in [-0.1, -0.05) is 0 Å². The van der Waals surface area contributed by atoms with Gasteiger partial charge in [0.2, 0.25) is 0 Å². The molecular formula is C13H12AsNO4S. The molecule has 0 saturated heterocycles. The molecule has 7 heteroatoms. The average Bonchev–Trinajstić information content (AvgIpc) is 2.48. The summed E-state index contributed by atoms with van der Waals surface area (Å²) < 4.78 is 43.2. The molecule has 0 aliphatic heterocycles. The van der Waals surface area contributed by atoms with Crippen LogP contribution in [0.2, 0.25) is 0 Å². The molecule has 0 fully saturated rings. The predicted octanol–water partition coefficient (Wildman–Crippen LogP) is 1.17. The number of nitrogens with one attached hydrogen (secondary N) is 1. The van der Waals surface area contributed by atoms with Crippen LogP contribution in [0.25, 0.3) is 0 Å². The number of hydrogen-bond donors (Lipinski definition) is 1. The first kappa shape index (κ1) is 14.8. The molecule has 0 aliphatic carbocycles. The van der Waals surface area contributed by atoms with Gasteiger partial charge in [0.05, 0.1) is 0 Å². The Morgan fingerprint density at radius 3 is 2.10 bits per heavy atom. The molecule has 0 atom stereocenters. The van der Waals surface area contributed by atoms with Crippen molar-refractivity contribution in [1.29, 1.82) is 0 Å². The van der Waals surface area contributed by atoms with E-state index in [0.717, 1.165) is 0 Å². The quantitative estimate of drug-likeness (QED) is 0.820. The van der Waals surface area contributed by atoms with Gasteiger partial charge in [0.25, 0.3) is 0 Å². The van der Waals surface area contributed by atoms with Crippen LogP contribution in [-0.4, -0.2) is 31.2 Å². The SMILES string of the molecule is COc1ccc(S(=O)(=O)Nc2ccc([As]=O)cc2)cc1. The first-order valence-electron chi connectivity index (χ1n) is 5.65. The van der Waals surface area contributed by atoms with Crippen LogP contribution in [0.5, 0.6) is 5.75 Å². The molecule has 0 heterocycles. The molecule has 0 spiro atoms. The third-order valence-electron chi connectivity index (χ3n) is 2.59. The summed E-state index contributed by atoms with van der Waals surface area (Å²) in [6.45, 7) is 0. The zero-order chi connectivity index (χ0) is 14.6. The molecular weight excluding hydrogens is 341 g/mol. The standard InChI is InChI=1S/C13H12AsNO4S/c1-19-12-6-8-13(9-7-12)20(17,18)15-11-4-2-10(14-16)3-5-11/h2-9,15H,1H3. The van der Waals surface area contributed by atoms with Gasteiger partial charge in [-0.15, -0.1) is 0 Å². The normalized spacial score (nSPS) is 11.2. The van der Waals surface area contributed by atoms with Crippen molar-refractivity contribution in [2.45, 2.75) is 4.90 Å². The minimum atomic E-state index is -3.63. The van der Waals surface area contributed by atoms with Crippen molar-refractivity contribution in [3.63, 3.8) is 0 Å². The molecule has 0 radical (unpaired) electrons. The summed E-state index contributed by atoms with van der Waals surface area (Å²) in [5, 5.41) is 0. The first-order valence-corrected chi connectivity index (χ1v) is 8.84. The van der Waals surface area contributed by atoms with Crippen LogP contribution in [0.15, 0.2) is 53.4 Å². The summed E-state index contributed by atoms with van der Waals surface area (Å²) in [4.78, 5) is 0.150. The van der Waals surface area contributed by atoms with E-state index in [4.69, 9.17) is 4.74 Å². The summed E-state index contributed by atoms with van der Waals surface area (Å²) in [5.74, 6) is 0.590. The second-order valence-corrected chi connectivity index (χ2v) is 7.07. The third-order valence-corrected chi connectivity index (χ3v) is 5.06. The molecule has 2 aromatic rings. The zero-order valence-electron chi connectivity index (χ0n) is 10.6. The van der Waals surface area contributed by atoms with Gasteiger partial charge in [0.1, 0.15) is 0 Å². The van der Waals surface area contributed by atoms with Crippen LogP contribution in [0, 0.1) is 0 Å². The Morgan fingerprint density at radius 2 is 1.60 bits per heavy atom. The molecule has 5 nitrogen and oxygen atoms in total. The summed E-state index contributed by atoms with van der Waals surface area (Å²) >= 11 is -1.10. The average molecular weight is 353 g/mol. The fourth-order valence-corrected chi connectivity index (χ4v) is 3.19. The Morgan fingerprint density at radius 1 is 1.00 bits per heavy atom. The van der Waals surface area contributed by atoms with E-state index < -0.39 is 25.7 Å². The number of methoxy groups -OCH3 is 1. The molecule has 2 rings (SSSR count). The van der Waals surface area contributed by atoms with E-state index in [1.807, 2.05) is 0 Å². The summed E-state index contributed by atoms with van der Waals surface area (Å²) in [5.41, 5.74) is 0.430. The van der Waals surface area contributed by atoms with Gasteiger partial charge in [-0.05, 0) is 0 Å². The molecule has 0 amide bonds. The Hall–Kier alpha value is -1.65. The van der Waals surface area contributed by atoms with E-state index in [9.17, 15) is 12.2 Å². The molecule has 0 aliphatic rings. The second kappa shape index (κ2) is 6.20. The van der Waals surface area contributed by atoms with Crippen molar-refractivity contribution < 1.29 is 16.9 Å². The predicted molar refractivity (Wildman–Crippen MR) is 76.3 cm³/mol. The van der Waals surface area contributed by atoms with Gasteiger partial charge in [-0.25, -0.2) is 0 Å². The molecule has 0 aromatic heterocycles. The number of rotatable bonds is 5. The third kappa shape index (κ3) is 3.46. The number of anilines is 1. The van der Waals surface area contributed by atoms with E-state index >= 15 is 0 Å². The van der Waals surface area contributed by atoms with Crippen LogP contribution in [0.1, 0.15) is 0 Å². The molecule has 0 saturated carbocycles. The molecule has 0 unspecified atom stereocenters. The molecule has 104 valence electrons. The van der Waals surface area contributed by atoms with Crippen LogP contribution in [0.3, 0.4) is 0 Å². The van der Waals surface area contributed by atoms with E-state index in [-0.39, 0.29) is 4.90 Å². The van der Waals surface area contributed by atoms with Gasteiger partial charge < -0.3 is 0 Å². The van der Waals surface area contributed by atoms with Crippen molar-refractivity contribution in [2.24, 2.45) is 0 Å². The topological polar surface area (TPSA) is 72.5 Å². The second-order valence-electron chi connectivity index (χ2n) is 3.92.